The van der Waals surface area contributed by atoms with Crippen molar-refractivity contribution in [3.05, 3.63) is 0 Å². The molecule has 0 unspecified atom stereocenters. The van der Waals surface area contributed by atoms with E-state index in [2.05, 4.69) is 22.5 Å². The molecule has 132 valence electrons. The van der Waals surface area contributed by atoms with Gasteiger partial charge in [-0.25, -0.2) is 0 Å². The molecule has 0 aromatic carbocycles. The molecule has 0 aromatic heterocycles. The van der Waals surface area contributed by atoms with E-state index in [9.17, 15) is 9.59 Å². The summed E-state index contributed by atoms with van der Waals surface area (Å²) in [5.41, 5.74) is 0. The van der Waals surface area contributed by atoms with Crippen LogP contribution in [0.1, 0.15) is 25.7 Å². The number of carbonyl (C=O) groups is 2. The molecule has 1 heterocycles. The van der Waals surface area contributed by atoms with Crippen LogP contribution in [0.25, 0.3) is 0 Å². The van der Waals surface area contributed by atoms with Gasteiger partial charge < -0.3 is 20.4 Å². The molecule has 0 radical (unpaired) electrons. The molecule has 1 aliphatic rings. The summed E-state index contributed by atoms with van der Waals surface area (Å²) in [6, 6.07) is 0. The first-order valence-corrected chi connectivity index (χ1v) is 8.53. The minimum absolute atomic E-state index is 0.0229. The maximum atomic E-state index is 12.2. The lowest BCUT2D eigenvalue weighted by molar-refractivity contribution is -0.131. The Morgan fingerprint density at radius 3 is 1.58 bits per heavy atom. The van der Waals surface area contributed by atoms with Gasteiger partial charge in [-0.3, -0.25) is 9.59 Å². The third kappa shape index (κ3) is 8.01. The second kappa shape index (κ2) is 12.4. The van der Waals surface area contributed by atoms with Crippen LogP contribution in [0.2, 0.25) is 0 Å². The van der Waals surface area contributed by atoms with Crippen LogP contribution in [0.5, 0.6) is 0 Å². The van der Waals surface area contributed by atoms with Crippen molar-refractivity contribution < 1.29 is 9.59 Å². The molecular weight excluding hydrogens is 304 g/mol. The van der Waals surface area contributed by atoms with Crippen LogP contribution in [0.3, 0.4) is 0 Å². The van der Waals surface area contributed by atoms with Crippen LogP contribution in [0.4, 0.5) is 0 Å². The molecule has 6 nitrogen and oxygen atoms in total. The molecule has 1 rings (SSSR count). The van der Waals surface area contributed by atoms with Gasteiger partial charge in [0.1, 0.15) is 0 Å². The minimum Gasteiger partial charge on any atom is -0.330 e. The lowest BCUT2D eigenvalue weighted by Gasteiger charge is -2.23. The van der Waals surface area contributed by atoms with Gasteiger partial charge in [0.25, 0.3) is 0 Å². The molecule has 0 aliphatic carbocycles. The predicted molar refractivity (Wildman–Crippen MR) is 95.0 cm³/mol. The second-order valence-electron chi connectivity index (χ2n) is 5.81. The highest BCUT2D eigenvalue weighted by atomic mass is 16.2. The number of hydrogen-bond donors (Lipinski definition) is 2. The fourth-order valence-corrected chi connectivity index (χ4v) is 2.52. The number of terminal acetylenes is 2. The Hall–Kier alpha value is -2.02. The van der Waals surface area contributed by atoms with E-state index in [-0.39, 0.29) is 11.8 Å². The van der Waals surface area contributed by atoms with E-state index in [1.807, 2.05) is 0 Å². The van der Waals surface area contributed by atoms with Crippen LogP contribution in [0.15, 0.2) is 0 Å². The molecule has 1 saturated heterocycles. The van der Waals surface area contributed by atoms with Gasteiger partial charge in [0.05, 0.1) is 26.2 Å². The standard InChI is InChI=1S/C18H28N4O2/c1-3-11-21-13-7-8-14-22(12-4-2)18(24)16-20-10-6-5-9-19-15-17(21)23/h1-2,19-20H,5-16H2. The van der Waals surface area contributed by atoms with Crippen molar-refractivity contribution in [1.29, 1.82) is 0 Å². The molecule has 2 N–H and O–H groups in total. The Bertz CT molecular complexity index is 434. The highest BCUT2D eigenvalue weighted by Crippen LogP contribution is 2.00. The summed E-state index contributed by atoms with van der Waals surface area (Å²) in [6.45, 7) is 4.01. The molecule has 0 atom stereocenters. The molecule has 0 aromatic rings. The maximum absolute atomic E-state index is 12.2. The van der Waals surface area contributed by atoms with E-state index in [1.165, 1.54) is 0 Å². The van der Waals surface area contributed by atoms with E-state index in [1.54, 1.807) is 9.80 Å². The Morgan fingerprint density at radius 1 is 0.792 bits per heavy atom. The molecule has 1 fully saturated rings. The molecule has 1 aliphatic heterocycles. The van der Waals surface area contributed by atoms with E-state index in [0.29, 0.717) is 39.3 Å². The second-order valence-corrected chi connectivity index (χ2v) is 5.81. The monoisotopic (exact) mass is 332 g/mol. The number of nitrogens with zero attached hydrogens (tertiary/aromatic N) is 2. The van der Waals surface area contributed by atoms with Crippen molar-refractivity contribution in [2.45, 2.75) is 25.7 Å². The van der Waals surface area contributed by atoms with E-state index in [4.69, 9.17) is 12.8 Å². The minimum atomic E-state index is 0.0229. The fourth-order valence-electron chi connectivity index (χ4n) is 2.52. The average Bonchev–Trinajstić information content (AvgIpc) is 2.57. The summed E-state index contributed by atoms with van der Waals surface area (Å²) in [7, 11) is 0. The first-order chi connectivity index (χ1) is 11.7. The molecular formula is C18H28N4O2. The number of hydrogen-bond acceptors (Lipinski definition) is 4. The lowest BCUT2D eigenvalue weighted by atomic mass is 10.2. The lowest BCUT2D eigenvalue weighted by Crippen LogP contribution is -2.41. The van der Waals surface area contributed by atoms with Gasteiger partial charge in [-0.15, -0.1) is 12.8 Å². The largest absolute Gasteiger partial charge is 0.330 e. The molecule has 0 saturated carbocycles. The van der Waals surface area contributed by atoms with E-state index in [0.717, 1.165) is 38.8 Å². The topological polar surface area (TPSA) is 64.7 Å². The molecule has 2 amide bonds. The van der Waals surface area contributed by atoms with Gasteiger partial charge in [-0.2, -0.15) is 0 Å². The van der Waals surface area contributed by atoms with Crippen molar-refractivity contribution >= 4 is 11.8 Å². The third-order valence-corrected chi connectivity index (χ3v) is 3.89. The number of amides is 2. The van der Waals surface area contributed by atoms with Gasteiger partial charge in [-0.05, 0) is 38.8 Å². The van der Waals surface area contributed by atoms with Crippen LogP contribution in [0, 0.1) is 24.7 Å². The summed E-state index contributed by atoms with van der Waals surface area (Å²) in [6.07, 6.45) is 14.2. The van der Waals surface area contributed by atoms with Gasteiger partial charge in [0.2, 0.25) is 11.8 Å². The van der Waals surface area contributed by atoms with Crippen LogP contribution in [-0.4, -0.2) is 74.0 Å². The summed E-state index contributed by atoms with van der Waals surface area (Å²) < 4.78 is 0. The van der Waals surface area contributed by atoms with Gasteiger partial charge in [0, 0.05) is 13.1 Å². The fraction of sp³-hybridized carbons (Fsp3) is 0.667. The Labute approximate surface area is 145 Å². The van der Waals surface area contributed by atoms with Crippen molar-refractivity contribution in [1.82, 2.24) is 20.4 Å². The van der Waals surface area contributed by atoms with Gasteiger partial charge >= 0.3 is 0 Å². The quantitative estimate of drug-likeness (QED) is 0.680. The first-order valence-electron chi connectivity index (χ1n) is 8.53. The van der Waals surface area contributed by atoms with Crippen molar-refractivity contribution in [2.75, 3.05) is 52.4 Å². The van der Waals surface area contributed by atoms with Crippen molar-refractivity contribution in [3.8, 4) is 24.7 Å². The summed E-state index contributed by atoms with van der Waals surface area (Å²) in [5.74, 6) is 5.12. The molecule has 0 bridgehead atoms. The Balaban J connectivity index is 2.61. The summed E-state index contributed by atoms with van der Waals surface area (Å²) in [5, 5.41) is 6.31. The third-order valence-electron chi connectivity index (χ3n) is 3.89. The first kappa shape index (κ1) is 20.0. The highest BCUT2D eigenvalue weighted by molar-refractivity contribution is 5.79. The van der Waals surface area contributed by atoms with E-state index < -0.39 is 0 Å². The zero-order valence-electron chi connectivity index (χ0n) is 14.4. The Kier molecular flexibility index (Phi) is 10.4. The van der Waals surface area contributed by atoms with E-state index >= 15 is 0 Å². The maximum Gasteiger partial charge on any atom is 0.237 e. The highest BCUT2D eigenvalue weighted by Gasteiger charge is 2.14. The number of nitrogens with one attached hydrogen (secondary N) is 2. The van der Waals surface area contributed by atoms with Crippen molar-refractivity contribution in [2.24, 2.45) is 0 Å². The number of rotatable bonds is 2. The SMILES string of the molecule is C#CCN1CCCCN(CC#C)C(=O)CNCCCCNCC1=O. The van der Waals surface area contributed by atoms with Crippen LogP contribution < -0.4 is 10.6 Å². The Morgan fingerprint density at radius 2 is 1.21 bits per heavy atom. The zero-order valence-corrected chi connectivity index (χ0v) is 14.4. The van der Waals surface area contributed by atoms with Gasteiger partial charge in [-0.1, -0.05) is 11.8 Å². The summed E-state index contributed by atoms with van der Waals surface area (Å²) >= 11 is 0. The number of carbonyl (C=O) groups excluding carboxylic acids is 2. The molecule has 6 heteroatoms. The summed E-state index contributed by atoms with van der Waals surface area (Å²) in [4.78, 5) is 27.7. The smallest absolute Gasteiger partial charge is 0.237 e. The normalized spacial score (nSPS) is 19.6. The van der Waals surface area contributed by atoms with Crippen LogP contribution in [-0.2, 0) is 9.59 Å². The molecule has 0 spiro atoms. The zero-order chi connectivity index (χ0) is 17.6. The van der Waals surface area contributed by atoms with Crippen LogP contribution >= 0.6 is 0 Å². The molecule has 24 heavy (non-hydrogen) atoms. The van der Waals surface area contributed by atoms with Crippen molar-refractivity contribution in [3.63, 3.8) is 0 Å². The predicted octanol–water partition coefficient (Wildman–Crippen LogP) is -0.337. The van der Waals surface area contributed by atoms with Gasteiger partial charge in [0.15, 0.2) is 0 Å². The average molecular weight is 332 g/mol.